The number of nitrogens with one attached hydrogen (secondary N) is 1. The summed E-state index contributed by atoms with van der Waals surface area (Å²) in [5.74, 6) is -1.03. The number of carbonyl (C=O) groups excluding carboxylic acids is 4. The number of nitrogens with zero attached hydrogens (tertiary/aromatic N) is 1. The molecule has 1 aliphatic rings. The van der Waals surface area contributed by atoms with Crippen LogP contribution in [-0.4, -0.2) is 48.8 Å². The molecule has 0 atom stereocenters. The highest BCUT2D eigenvalue weighted by Crippen LogP contribution is 2.29. The van der Waals surface area contributed by atoms with Gasteiger partial charge in [-0.05, 0) is 36.8 Å². The first-order valence-corrected chi connectivity index (χ1v) is 9.74. The minimum absolute atomic E-state index is 0.137. The number of benzene rings is 2. The van der Waals surface area contributed by atoms with Gasteiger partial charge in [0.05, 0.1) is 7.11 Å². The second kappa shape index (κ2) is 9.32. The molecule has 7 heteroatoms. The number of amides is 3. The lowest BCUT2D eigenvalue weighted by molar-refractivity contribution is -0.140. The highest BCUT2D eigenvalue weighted by Gasteiger charge is 2.32. The maximum absolute atomic E-state index is 12.8. The summed E-state index contributed by atoms with van der Waals surface area (Å²) in [5, 5.41) is 4.36. The maximum atomic E-state index is 12.8. The van der Waals surface area contributed by atoms with Gasteiger partial charge in [0, 0.05) is 42.4 Å². The van der Waals surface area contributed by atoms with Gasteiger partial charge in [-0.3, -0.25) is 24.1 Å². The van der Waals surface area contributed by atoms with E-state index in [9.17, 15) is 19.2 Å². The van der Waals surface area contributed by atoms with Gasteiger partial charge in [-0.25, -0.2) is 0 Å². The Kier molecular flexibility index (Phi) is 6.59. The first kappa shape index (κ1) is 20.5. The summed E-state index contributed by atoms with van der Waals surface area (Å²) in [7, 11) is 1.35. The third-order valence-electron chi connectivity index (χ3n) is 5.00. The van der Waals surface area contributed by atoms with E-state index in [0.717, 1.165) is 5.39 Å². The summed E-state index contributed by atoms with van der Waals surface area (Å²) in [4.78, 5) is 49.8. The molecule has 2 aromatic rings. The van der Waals surface area contributed by atoms with Crippen molar-refractivity contribution >= 4 is 34.5 Å². The van der Waals surface area contributed by atoms with Crippen molar-refractivity contribution in [1.29, 1.82) is 0 Å². The number of hydrogen-bond acceptors (Lipinski definition) is 5. The minimum Gasteiger partial charge on any atom is -0.469 e. The maximum Gasteiger partial charge on any atom is 0.305 e. The highest BCUT2D eigenvalue weighted by atomic mass is 16.5. The van der Waals surface area contributed by atoms with Gasteiger partial charge in [0.15, 0.2) is 0 Å². The Bertz CT molecular complexity index is 903. The van der Waals surface area contributed by atoms with E-state index in [-0.39, 0.29) is 36.7 Å². The Morgan fingerprint density at radius 2 is 1.59 bits per heavy atom. The lowest BCUT2D eigenvalue weighted by Crippen LogP contribution is -2.41. The summed E-state index contributed by atoms with van der Waals surface area (Å²) in [6, 6.07) is 10.8. The molecule has 1 aliphatic heterocycles. The van der Waals surface area contributed by atoms with Crippen LogP contribution in [0, 0.1) is 0 Å². The van der Waals surface area contributed by atoms with E-state index in [0.29, 0.717) is 48.7 Å². The zero-order valence-electron chi connectivity index (χ0n) is 16.4. The van der Waals surface area contributed by atoms with Gasteiger partial charge in [0.1, 0.15) is 0 Å². The molecule has 3 amide bonds. The quantitative estimate of drug-likeness (QED) is 0.400. The molecule has 7 nitrogen and oxygen atoms in total. The molecule has 0 aliphatic carbocycles. The zero-order valence-corrected chi connectivity index (χ0v) is 16.4. The minimum atomic E-state index is -0.317. The summed E-state index contributed by atoms with van der Waals surface area (Å²) in [6.07, 6.45) is 2.28. The van der Waals surface area contributed by atoms with E-state index in [2.05, 4.69) is 10.1 Å². The van der Waals surface area contributed by atoms with Gasteiger partial charge in [-0.1, -0.05) is 24.3 Å². The molecule has 0 saturated carbocycles. The zero-order chi connectivity index (χ0) is 20.8. The normalized spacial score (nSPS) is 12.9. The van der Waals surface area contributed by atoms with E-state index in [1.165, 1.54) is 12.0 Å². The molecule has 0 saturated heterocycles. The van der Waals surface area contributed by atoms with E-state index >= 15 is 0 Å². The van der Waals surface area contributed by atoms with Gasteiger partial charge in [0.2, 0.25) is 5.91 Å². The predicted molar refractivity (Wildman–Crippen MR) is 107 cm³/mol. The van der Waals surface area contributed by atoms with E-state index in [4.69, 9.17) is 0 Å². The van der Waals surface area contributed by atoms with Crippen molar-refractivity contribution in [2.75, 3.05) is 20.2 Å². The largest absolute Gasteiger partial charge is 0.469 e. The SMILES string of the molecule is COC(=O)CCCCNC(=O)CCCN1C(=O)c2cccc3cccc(c23)C1=O. The molecule has 152 valence electrons. The molecule has 0 fully saturated rings. The first-order valence-electron chi connectivity index (χ1n) is 9.74. The molecule has 2 aromatic carbocycles. The lowest BCUT2D eigenvalue weighted by Gasteiger charge is -2.27. The molecule has 1 N–H and O–H groups in total. The molecule has 3 rings (SSSR count). The third-order valence-corrected chi connectivity index (χ3v) is 5.00. The third kappa shape index (κ3) is 4.62. The molecule has 0 unspecified atom stereocenters. The second-order valence-electron chi connectivity index (χ2n) is 6.96. The van der Waals surface area contributed by atoms with Crippen LogP contribution in [0.2, 0.25) is 0 Å². The van der Waals surface area contributed by atoms with Crippen LogP contribution >= 0.6 is 0 Å². The summed E-state index contributed by atoms with van der Waals surface area (Å²) < 4.78 is 4.56. The fourth-order valence-corrected chi connectivity index (χ4v) is 3.49. The Hall–Kier alpha value is -3.22. The van der Waals surface area contributed by atoms with Gasteiger partial charge in [-0.15, -0.1) is 0 Å². The number of carbonyl (C=O) groups is 4. The summed E-state index contributed by atoms with van der Waals surface area (Å²) in [5.41, 5.74) is 1.04. The fourth-order valence-electron chi connectivity index (χ4n) is 3.49. The van der Waals surface area contributed by atoms with Gasteiger partial charge in [-0.2, -0.15) is 0 Å². The fraction of sp³-hybridized carbons (Fsp3) is 0.364. The van der Waals surface area contributed by atoms with E-state index < -0.39 is 0 Å². The van der Waals surface area contributed by atoms with Crippen molar-refractivity contribution < 1.29 is 23.9 Å². The lowest BCUT2D eigenvalue weighted by atomic mass is 9.94. The van der Waals surface area contributed by atoms with Crippen LogP contribution in [0.5, 0.6) is 0 Å². The van der Waals surface area contributed by atoms with Crippen LogP contribution in [0.4, 0.5) is 0 Å². The molecule has 0 aromatic heterocycles. The van der Waals surface area contributed by atoms with Gasteiger partial charge >= 0.3 is 5.97 Å². The van der Waals surface area contributed by atoms with E-state index in [1.807, 2.05) is 12.1 Å². The molecule has 0 radical (unpaired) electrons. The van der Waals surface area contributed by atoms with Gasteiger partial charge < -0.3 is 10.1 Å². The van der Waals surface area contributed by atoms with Crippen LogP contribution < -0.4 is 5.32 Å². The Labute approximate surface area is 169 Å². The Balaban J connectivity index is 1.49. The average Bonchev–Trinajstić information content (AvgIpc) is 2.73. The van der Waals surface area contributed by atoms with Crippen molar-refractivity contribution in [2.45, 2.75) is 32.1 Å². The van der Waals surface area contributed by atoms with Crippen molar-refractivity contribution in [3.63, 3.8) is 0 Å². The topological polar surface area (TPSA) is 92.8 Å². The summed E-state index contributed by atoms with van der Waals surface area (Å²) in [6.45, 7) is 0.672. The molecular formula is C22H24N2O5. The number of esters is 1. The molecule has 1 heterocycles. The van der Waals surface area contributed by atoms with Crippen molar-refractivity contribution in [1.82, 2.24) is 10.2 Å². The highest BCUT2D eigenvalue weighted by molar-refractivity contribution is 6.25. The van der Waals surface area contributed by atoms with Crippen molar-refractivity contribution in [2.24, 2.45) is 0 Å². The molecule has 0 bridgehead atoms. The number of ether oxygens (including phenoxy) is 1. The number of rotatable bonds is 9. The Morgan fingerprint density at radius 3 is 2.21 bits per heavy atom. The Morgan fingerprint density at radius 1 is 0.931 bits per heavy atom. The van der Waals surface area contributed by atoms with Crippen LogP contribution in [0.25, 0.3) is 10.8 Å². The first-order chi connectivity index (χ1) is 14.0. The standard InChI is InChI=1S/C22H24N2O5/c1-29-19(26)12-2-3-13-23-18(25)11-6-14-24-21(27)16-9-4-7-15-8-5-10-17(20(15)16)22(24)28/h4-5,7-10H,2-3,6,11-14H2,1H3,(H,23,25). The molecular weight excluding hydrogens is 372 g/mol. The number of hydrogen-bond donors (Lipinski definition) is 1. The summed E-state index contributed by atoms with van der Waals surface area (Å²) >= 11 is 0. The van der Waals surface area contributed by atoms with Crippen LogP contribution in [0.3, 0.4) is 0 Å². The number of imide groups is 1. The second-order valence-corrected chi connectivity index (χ2v) is 6.96. The van der Waals surface area contributed by atoms with Crippen LogP contribution in [0.15, 0.2) is 36.4 Å². The van der Waals surface area contributed by atoms with Crippen LogP contribution in [-0.2, 0) is 14.3 Å². The van der Waals surface area contributed by atoms with E-state index in [1.54, 1.807) is 24.3 Å². The smallest absolute Gasteiger partial charge is 0.305 e. The van der Waals surface area contributed by atoms with Crippen LogP contribution in [0.1, 0.15) is 52.8 Å². The number of unbranched alkanes of at least 4 members (excludes halogenated alkanes) is 1. The van der Waals surface area contributed by atoms with Crippen molar-refractivity contribution in [3.8, 4) is 0 Å². The van der Waals surface area contributed by atoms with Gasteiger partial charge in [0.25, 0.3) is 11.8 Å². The molecule has 0 spiro atoms. The monoisotopic (exact) mass is 396 g/mol. The number of methoxy groups -OCH3 is 1. The predicted octanol–water partition coefficient (Wildman–Crippen LogP) is 2.68. The van der Waals surface area contributed by atoms with Crippen molar-refractivity contribution in [3.05, 3.63) is 47.5 Å². The average molecular weight is 396 g/mol. The molecule has 29 heavy (non-hydrogen) atoms.